The number of hydrogen-bond acceptors (Lipinski definition) is 3. The standard InChI is InChI=1S/C13H15FN2O3/c14-9-3-4-11(10(6-9)13(18)19)16-12(17)8-2-1-5-15-7-8/h3-4,6,8,15H,1-2,5,7H2,(H,16,17)(H,18,19)/t8-/m0/s1. The second kappa shape index (κ2) is 5.79. The molecule has 0 radical (unpaired) electrons. The second-order valence-corrected chi connectivity index (χ2v) is 4.53. The molecule has 6 heteroatoms. The van der Waals surface area contributed by atoms with Crippen molar-refractivity contribution in [1.82, 2.24) is 5.32 Å². The molecule has 1 aromatic rings. The maximum absolute atomic E-state index is 13.0. The Labute approximate surface area is 109 Å². The van der Waals surface area contributed by atoms with Gasteiger partial charge in [-0.15, -0.1) is 0 Å². The molecule has 19 heavy (non-hydrogen) atoms. The van der Waals surface area contributed by atoms with Crippen molar-refractivity contribution < 1.29 is 19.1 Å². The minimum atomic E-state index is -1.27. The van der Waals surface area contributed by atoms with Gasteiger partial charge in [-0.25, -0.2) is 9.18 Å². The van der Waals surface area contributed by atoms with Gasteiger partial charge in [0, 0.05) is 6.54 Å². The SMILES string of the molecule is O=C(O)c1cc(F)ccc1NC(=O)[C@H]1CCCNC1. The van der Waals surface area contributed by atoms with Crippen LogP contribution in [-0.2, 0) is 4.79 Å². The number of hydrogen-bond donors (Lipinski definition) is 3. The number of benzene rings is 1. The highest BCUT2D eigenvalue weighted by atomic mass is 19.1. The van der Waals surface area contributed by atoms with E-state index in [0.29, 0.717) is 6.54 Å². The van der Waals surface area contributed by atoms with E-state index >= 15 is 0 Å². The molecule has 0 unspecified atom stereocenters. The lowest BCUT2D eigenvalue weighted by molar-refractivity contribution is -0.120. The van der Waals surface area contributed by atoms with Gasteiger partial charge in [0.2, 0.25) is 5.91 Å². The molecule has 0 spiro atoms. The lowest BCUT2D eigenvalue weighted by atomic mass is 9.98. The Morgan fingerprint density at radius 2 is 2.21 bits per heavy atom. The monoisotopic (exact) mass is 266 g/mol. The number of aromatic carboxylic acids is 1. The van der Waals surface area contributed by atoms with Crippen molar-refractivity contribution in [2.45, 2.75) is 12.8 Å². The third-order valence-corrected chi connectivity index (χ3v) is 3.14. The maximum atomic E-state index is 13.0. The summed E-state index contributed by atoms with van der Waals surface area (Å²) in [5.74, 6) is -2.33. The number of piperidine rings is 1. The van der Waals surface area contributed by atoms with Crippen LogP contribution in [0, 0.1) is 11.7 Å². The van der Waals surface area contributed by atoms with E-state index < -0.39 is 11.8 Å². The van der Waals surface area contributed by atoms with E-state index in [1.807, 2.05) is 0 Å². The van der Waals surface area contributed by atoms with Gasteiger partial charge in [0.15, 0.2) is 0 Å². The molecule has 1 aliphatic rings. The molecular formula is C13H15FN2O3. The summed E-state index contributed by atoms with van der Waals surface area (Å²) < 4.78 is 13.0. The molecule has 1 heterocycles. The van der Waals surface area contributed by atoms with Crippen molar-refractivity contribution in [3.63, 3.8) is 0 Å². The molecular weight excluding hydrogens is 251 g/mol. The molecule has 0 aromatic heterocycles. The largest absolute Gasteiger partial charge is 0.478 e. The van der Waals surface area contributed by atoms with Gasteiger partial charge in [-0.3, -0.25) is 4.79 Å². The van der Waals surface area contributed by atoms with Crippen LogP contribution in [0.1, 0.15) is 23.2 Å². The fourth-order valence-corrected chi connectivity index (χ4v) is 2.11. The predicted molar refractivity (Wildman–Crippen MR) is 67.6 cm³/mol. The highest BCUT2D eigenvalue weighted by Crippen LogP contribution is 2.19. The van der Waals surface area contributed by atoms with Crippen LogP contribution in [0.2, 0.25) is 0 Å². The molecule has 1 fully saturated rings. The number of carboxylic acids is 1. The van der Waals surface area contributed by atoms with Crippen molar-refractivity contribution in [1.29, 1.82) is 0 Å². The normalized spacial score (nSPS) is 18.9. The van der Waals surface area contributed by atoms with Crippen molar-refractivity contribution in [2.24, 2.45) is 5.92 Å². The van der Waals surface area contributed by atoms with Gasteiger partial charge >= 0.3 is 5.97 Å². The average Bonchev–Trinajstić information content (AvgIpc) is 2.41. The summed E-state index contributed by atoms with van der Waals surface area (Å²) in [6.07, 6.45) is 1.68. The van der Waals surface area contributed by atoms with Crippen molar-refractivity contribution >= 4 is 17.6 Å². The van der Waals surface area contributed by atoms with Crippen LogP contribution in [0.3, 0.4) is 0 Å². The Kier molecular flexibility index (Phi) is 4.11. The Morgan fingerprint density at radius 1 is 1.42 bits per heavy atom. The lowest BCUT2D eigenvalue weighted by Crippen LogP contribution is -2.37. The van der Waals surface area contributed by atoms with E-state index in [9.17, 15) is 14.0 Å². The fourth-order valence-electron chi connectivity index (χ4n) is 2.11. The summed E-state index contributed by atoms with van der Waals surface area (Å²) in [6.45, 7) is 1.47. The Bertz CT molecular complexity index is 499. The van der Waals surface area contributed by atoms with Crippen LogP contribution < -0.4 is 10.6 Å². The van der Waals surface area contributed by atoms with E-state index in [0.717, 1.165) is 31.5 Å². The van der Waals surface area contributed by atoms with Crippen LogP contribution in [0.25, 0.3) is 0 Å². The van der Waals surface area contributed by atoms with E-state index in [1.54, 1.807) is 0 Å². The zero-order valence-electron chi connectivity index (χ0n) is 10.3. The smallest absolute Gasteiger partial charge is 0.337 e. The van der Waals surface area contributed by atoms with Crippen molar-refractivity contribution in [3.8, 4) is 0 Å². The molecule has 1 aliphatic heterocycles. The third kappa shape index (κ3) is 3.29. The number of halogens is 1. The molecule has 2 rings (SSSR count). The number of carboxylic acid groups (broad SMARTS) is 1. The Hall–Kier alpha value is -1.95. The number of rotatable bonds is 3. The van der Waals surface area contributed by atoms with Gasteiger partial charge in [0.05, 0.1) is 17.2 Å². The van der Waals surface area contributed by atoms with Crippen LogP contribution in [0.4, 0.5) is 10.1 Å². The van der Waals surface area contributed by atoms with E-state index in [4.69, 9.17) is 5.11 Å². The number of amides is 1. The lowest BCUT2D eigenvalue weighted by Gasteiger charge is -2.22. The maximum Gasteiger partial charge on any atom is 0.337 e. The van der Waals surface area contributed by atoms with Crippen LogP contribution in [0.15, 0.2) is 18.2 Å². The molecule has 0 aliphatic carbocycles. The Morgan fingerprint density at radius 3 is 2.84 bits per heavy atom. The highest BCUT2D eigenvalue weighted by molar-refractivity contribution is 6.01. The van der Waals surface area contributed by atoms with E-state index in [2.05, 4.69) is 10.6 Å². The second-order valence-electron chi connectivity index (χ2n) is 4.53. The average molecular weight is 266 g/mol. The first-order valence-corrected chi connectivity index (χ1v) is 6.12. The highest BCUT2D eigenvalue weighted by Gasteiger charge is 2.22. The van der Waals surface area contributed by atoms with E-state index in [-0.39, 0.29) is 23.1 Å². The molecule has 102 valence electrons. The number of carbonyl (C=O) groups excluding carboxylic acids is 1. The molecule has 3 N–H and O–H groups in total. The fraction of sp³-hybridized carbons (Fsp3) is 0.385. The minimum absolute atomic E-state index is 0.129. The number of nitrogens with one attached hydrogen (secondary N) is 2. The molecule has 0 saturated carbocycles. The van der Waals surface area contributed by atoms with Crippen LogP contribution in [0.5, 0.6) is 0 Å². The van der Waals surface area contributed by atoms with Gasteiger partial charge in [-0.1, -0.05) is 0 Å². The van der Waals surface area contributed by atoms with Gasteiger partial charge in [-0.05, 0) is 37.6 Å². The summed E-state index contributed by atoms with van der Waals surface area (Å²) in [5, 5.41) is 14.7. The summed E-state index contributed by atoms with van der Waals surface area (Å²) in [4.78, 5) is 23.0. The van der Waals surface area contributed by atoms with Gasteiger partial charge in [0.1, 0.15) is 5.82 Å². The number of carbonyl (C=O) groups is 2. The Balaban J connectivity index is 2.13. The van der Waals surface area contributed by atoms with Gasteiger partial charge in [-0.2, -0.15) is 0 Å². The topological polar surface area (TPSA) is 78.4 Å². The molecule has 1 saturated heterocycles. The van der Waals surface area contributed by atoms with Crippen molar-refractivity contribution in [2.75, 3.05) is 18.4 Å². The van der Waals surface area contributed by atoms with Crippen LogP contribution >= 0.6 is 0 Å². The van der Waals surface area contributed by atoms with Crippen LogP contribution in [-0.4, -0.2) is 30.1 Å². The third-order valence-electron chi connectivity index (χ3n) is 3.14. The summed E-state index contributed by atoms with van der Waals surface area (Å²) in [6, 6.07) is 3.30. The van der Waals surface area contributed by atoms with Crippen molar-refractivity contribution in [3.05, 3.63) is 29.6 Å². The summed E-state index contributed by atoms with van der Waals surface area (Å²) >= 11 is 0. The van der Waals surface area contributed by atoms with Gasteiger partial charge in [0.25, 0.3) is 0 Å². The molecule has 5 nitrogen and oxygen atoms in total. The predicted octanol–water partition coefficient (Wildman–Crippen LogP) is 1.46. The molecule has 0 bridgehead atoms. The summed E-state index contributed by atoms with van der Waals surface area (Å²) in [5.41, 5.74) is -0.110. The first kappa shape index (κ1) is 13.5. The quantitative estimate of drug-likeness (QED) is 0.774. The zero-order chi connectivity index (χ0) is 13.8. The molecule has 1 aromatic carbocycles. The molecule has 1 atom stereocenters. The van der Waals surface area contributed by atoms with E-state index in [1.165, 1.54) is 6.07 Å². The molecule has 1 amide bonds. The zero-order valence-corrected chi connectivity index (χ0v) is 10.3. The van der Waals surface area contributed by atoms with Gasteiger partial charge < -0.3 is 15.7 Å². The minimum Gasteiger partial charge on any atom is -0.478 e. The summed E-state index contributed by atoms with van der Waals surface area (Å²) in [7, 11) is 0. The number of anilines is 1. The first-order chi connectivity index (χ1) is 9.08. The first-order valence-electron chi connectivity index (χ1n) is 6.12.